The van der Waals surface area contributed by atoms with Gasteiger partial charge in [0.1, 0.15) is 5.69 Å². The number of nitrogens with two attached hydrogens (primary N) is 1. The van der Waals surface area contributed by atoms with E-state index in [1.807, 2.05) is 0 Å². The molecule has 3 N–H and O–H groups in total. The molecule has 1 heterocycles. The monoisotopic (exact) mass is 269 g/mol. The van der Waals surface area contributed by atoms with Crippen LogP contribution in [0.5, 0.6) is 0 Å². The van der Waals surface area contributed by atoms with Gasteiger partial charge in [0.2, 0.25) is 0 Å². The predicted octanol–water partition coefficient (Wildman–Crippen LogP) is 3.06. The predicted molar refractivity (Wildman–Crippen MR) is 76.8 cm³/mol. The molecule has 5 heteroatoms. The summed E-state index contributed by atoms with van der Waals surface area (Å²) in [5.74, 6) is -0.133. The number of thiazole rings is 1. The number of anilines is 1. The number of nitrogens with one attached hydrogen (secondary N) is 1. The number of nitrogens with zero attached hydrogens (tertiary/aromatic N) is 1. The number of rotatable bonds is 7. The maximum atomic E-state index is 11.8. The van der Waals surface area contributed by atoms with Crippen LogP contribution in [-0.2, 0) is 0 Å². The third kappa shape index (κ3) is 5.04. The van der Waals surface area contributed by atoms with Crippen LogP contribution in [0, 0.1) is 5.41 Å². The maximum absolute atomic E-state index is 11.8. The van der Waals surface area contributed by atoms with Crippen LogP contribution in [0.3, 0.4) is 0 Å². The van der Waals surface area contributed by atoms with Crippen molar-refractivity contribution in [3.63, 3.8) is 0 Å². The van der Waals surface area contributed by atoms with E-state index in [0.29, 0.717) is 17.4 Å². The SMILES string of the molecule is CCCCCC(C)(C)CNC(=O)c1csc(N)n1. The Bertz CT molecular complexity index is 387. The second-order valence-corrected chi connectivity index (χ2v) is 6.26. The lowest BCUT2D eigenvalue weighted by Gasteiger charge is -2.24. The summed E-state index contributed by atoms with van der Waals surface area (Å²) in [4.78, 5) is 15.8. The number of unbranched alkanes of at least 4 members (excludes halogenated alkanes) is 2. The molecule has 1 amide bonds. The van der Waals surface area contributed by atoms with Crippen molar-refractivity contribution in [2.75, 3.05) is 12.3 Å². The Kier molecular flexibility index (Phi) is 5.59. The quantitative estimate of drug-likeness (QED) is 0.747. The third-order valence-electron chi connectivity index (χ3n) is 2.94. The van der Waals surface area contributed by atoms with E-state index in [4.69, 9.17) is 5.73 Å². The fraction of sp³-hybridized carbons (Fsp3) is 0.692. The van der Waals surface area contributed by atoms with Crippen molar-refractivity contribution in [2.24, 2.45) is 5.41 Å². The number of nitrogen functional groups attached to an aromatic ring is 1. The largest absolute Gasteiger partial charge is 0.375 e. The van der Waals surface area contributed by atoms with E-state index in [1.165, 1.54) is 30.6 Å². The van der Waals surface area contributed by atoms with E-state index in [1.54, 1.807) is 5.38 Å². The summed E-state index contributed by atoms with van der Waals surface area (Å²) >= 11 is 1.29. The van der Waals surface area contributed by atoms with E-state index in [2.05, 4.69) is 31.1 Å². The minimum absolute atomic E-state index is 0.131. The highest BCUT2D eigenvalue weighted by Crippen LogP contribution is 2.22. The fourth-order valence-electron chi connectivity index (χ4n) is 1.74. The normalized spacial score (nSPS) is 11.5. The Morgan fingerprint density at radius 3 is 2.78 bits per heavy atom. The maximum Gasteiger partial charge on any atom is 0.270 e. The highest BCUT2D eigenvalue weighted by molar-refractivity contribution is 7.13. The van der Waals surface area contributed by atoms with Crippen LogP contribution in [0.4, 0.5) is 5.13 Å². The number of carbonyl (C=O) groups is 1. The Labute approximate surface area is 113 Å². The second kappa shape index (κ2) is 6.73. The zero-order valence-corrected chi connectivity index (χ0v) is 12.3. The molecule has 1 aromatic rings. The zero-order chi connectivity index (χ0) is 13.6. The molecule has 0 fully saturated rings. The van der Waals surface area contributed by atoms with Gasteiger partial charge < -0.3 is 11.1 Å². The molecule has 0 aliphatic rings. The molecule has 18 heavy (non-hydrogen) atoms. The van der Waals surface area contributed by atoms with Gasteiger partial charge in [-0.1, -0.05) is 40.0 Å². The van der Waals surface area contributed by atoms with Crippen LogP contribution < -0.4 is 11.1 Å². The van der Waals surface area contributed by atoms with E-state index in [0.717, 1.165) is 6.42 Å². The number of hydrogen-bond acceptors (Lipinski definition) is 4. The summed E-state index contributed by atoms with van der Waals surface area (Å²) in [5.41, 5.74) is 6.06. The third-order valence-corrected chi connectivity index (χ3v) is 3.61. The van der Waals surface area contributed by atoms with Gasteiger partial charge in [0.15, 0.2) is 5.13 Å². The van der Waals surface area contributed by atoms with Gasteiger partial charge in [-0.15, -0.1) is 11.3 Å². The summed E-state index contributed by atoms with van der Waals surface area (Å²) < 4.78 is 0. The van der Waals surface area contributed by atoms with Crippen molar-refractivity contribution in [1.82, 2.24) is 10.3 Å². The topological polar surface area (TPSA) is 68.0 Å². The average molecular weight is 269 g/mol. The molecule has 0 saturated carbocycles. The van der Waals surface area contributed by atoms with Gasteiger partial charge in [-0.3, -0.25) is 4.79 Å². The number of carbonyl (C=O) groups excluding carboxylic acids is 1. The Morgan fingerprint density at radius 2 is 2.22 bits per heavy atom. The van der Waals surface area contributed by atoms with Crippen LogP contribution in [0.2, 0.25) is 0 Å². The smallest absolute Gasteiger partial charge is 0.270 e. The van der Waals surface area contributed by atoms with Crippen LogP contribution in [0.15, 0.2) is 5.38 Å². The first-order valence-corrected chi connectivity index (χ1v) is 7.32. The lowest BCUT2D eigenvalue weighted by atomic mass is 9.87. The van der Waals surface area contributed by atoms with Gasteiger partial charge in [-0.25, -0.2) is 4.98 Å². The van der Waals surface area contributed by atoms with Gasteiger partial charge in [0.25, 0.3) is 5.91 Å². The van der Waals surface area contributed by atoms with Crippen molar-refractivity contribution in [1.29, 1.82) is 0 Å². The molecule has 0 unspecified atom stereocenters. The summed E-state index contributed by atoms with van der Waals surface area (Å²) in [6, 6.07) is 0. The van der Waals surface area contributed by atoms with E-state index >= 15 is 0 Å². The van der Waals surface area contributed by atoms with E-state index in [-0.39, 0.29) is 11.3 Å². The minimum Gasteiger partial charge on any atom is -0.375 e. The Hall–Kier alpha value is -1.10. The van der Waals surface area contributed by atoms with Crippen molar-refractivity contribution in [2.45, 2.75) is 46.5 Å². The first-order chi connectivity index (χ1) is 8.44. The molecule has 0 aliphatic carbocycles. The first-order valence-electron chi connectivity index (χ1n) is 6.44. The fourth-order valence-corrected chi connectivity index (χ4v) is 2.29. The van der Waals surface area contributed by atoms with Crippen LogP contribution >= 0.6 is 11.3 Å². The van der Waals surface area contributed by atoms with Crippen LogP contribution in [-0.4, -0.2) is 17.4 Å². The molecule has 0 radical (unpaired) electrons. The molecule has 1 rings (SSSR count). The Balaban J connectivity index is 2.37. The molecule has 0 spiro atoms. The molecule has 0 atom stereocenters. The molecule has 1 aromatic heterocycles. The number of hydrogen-bond donors (Lipinski definition) is 2. The van der Waals surface area contributed by atoms with Gasteiger partial charge in [-0.2, -0.15) is 0 Å². The van der Waals surface area contributed by atoms with Gasteiger partial charge in [0, 0.05) is 11.9 Å². The number of amides is 1. The molecule has 102 valence electrons. The summed E-state index contributed by atoms with van der Waals surface area (Å²) in [6.45, 7) is 7.23. The lowest BCUT2D eigenvalue weighted by Crippen LogP contribution is -2.34. The molecule has 4 nitrogen and oxygen atoms in total. The summed E-state index contributed by atoms with van der Waals surface area (Å²) in [6.07, 6.45) is 4.81. The molecule has 0 bridgehead atoms. The molecule has 0 aliphatic heterocycles. The van der Waals surface area contributed by atoms with Crippen LogP contribution in [0.1, 0.15) is 56.9 Å². The minimum atomic E-state index is -0.133. The van der Waals surface area contributed by atoms with E-state index < -0.39 is 0 Å². The van der Waals surface area contributed by atoms with Crippen molar-refractivity contribution in [3.8, 4) is 0 Å². The van der Waals surface area contributed by atoms with Gasteiger partial charge >= 0.3 is 0 Å². The van der Waals surface area contributed by atoms with Crippen LogP contribution in [0.25, 0.3) is 0 Å². The highest BCUT2D eigenvalue weighted by Gasteiger charge is 2.19. The van der Waals surface area contributed by atoms with Crippen molar-refractivity contribution >= 4 is 22.4 Å². The molecule has 0 saturated heterocycles. The first kappa shape index (κ1) is 15.0. The summed E-state index contributed by atoms with van der Waals surface area (Å²) in [7, 11) is 0. The van der Waals surface area contributed by atoms with Gasteiger partial charge in [-0.05, 0) is 11.8 Å². The molecular formula is C13H23N3OS. The average Bonchev–Trinajstić information content (AvgIpc) is 2.73. The number of aromatic nitrogens is 1. The lowest BCUT2D eigenvalue weighted by molar-refractivity contribution is 0.0930. The van der Waals surface area contributed by atoms with Crippen molar-refractivity contribution in [3.05, 3.63) is 11.1 Å². The second-order valence-electron chi connectivity index (χ2n) is 5.37. The van der Waals surface area contributed by atoms with Gasteiger partial charge in [0.05, 0.1) is 0 Å². The standard InChI is InChI=1S/C13H23N3OS/c1-4-5-6-7-13(2,3)9-15-11(17)10-8-18-12(14)16-10/h8H,4-7,9H2,1-3H3,(H2,14,16)(H,15,17). The zero-order valence-electron chi connectivity index (χ0n) is 11.5. The highest BCUT2D eigenvalue weighted by atomic mass is 32.1. The van der Waals surface area contributed by atoms with Crippen molar-refractivity contribution < 1.29 is 4.79 Å². The van der Waals surface area contributed by atoms with E-state index in [9.17, 15) is 4.79 Å². The molecule has 0 aromatic carbocycles. The Morgan fingerprint density at radius 1 is 1.50 bits per heavy atom. The summed E-state index contributed by atoms with van der Waals surface area (Å²) in [5, 5.41) is 5.05. The molecular weight excluding hydrogens is 246 g/mol.